The minimum absolute atomic E-state index is 0.195. The fourth-order valence-electron chi connectivity index (χ4n) is 3.56. The molecule has 3 rings (SSSR count). The summed E-state index contributed by atoms with van der Waals surface area (Å²) in [6, 6.07) is 12.1. The van der Waals surface area contributed by atoms with Gasteiger partial charge in [0.1, 0.15) is 6.54 Å². The van der Waals surface area contributed by atoms with Crippen molar-refractivity contribution in [3.63, 3.8) is 0 Å². The van der Waals surface area contributed by atoms with Crippen LogP contribution in [0.15, 0.2) is 47.4 Å². The molecule has 0 aliphatic carbocycles. The van der Waals surface area contributed by atoms with Gasteiger partial charge in [-0.15, -0.1) is 0 Å². The molecule has 162 valence electrons. The first-order valence-corrected chi connectivity index (χ1v) is 11.2. The number of carbonyl (C=O) groups excluding carboxylic acids is 1. The molecule has 2 aromatic rings. The van der Waals surface area contributed by atoms with Crippen LogP contribution >= 0.6 is 0 Å². The Morgan fingerprint density at radius 1 is 1.03 bits per heavy atom. The zero-order chi connectivity index (χ0) is 21.7. The van der Waals surface area contributed by atoms with Crippen molar-refractivity contribution in [2.75, 3.05) is 45.7 Å². The number of nitrogens with one attached hydrogen (secondary N) is 2. The number of amides is 1. The Labute approximate surface area is 177 Å². The minimum atomic E-state index is -3.55. The van der Waals surface area contributed by atoms with Gasteiger partial charge in [0.05, 0.1) is 45.3 Å². The third-order valence-corrected chi connectivity index (χ3v) is 7.06. The second kappa shape index (κ2) is 9.46. The summed E-state index contributed by atoms with van der Waals surface area (Å²) in [6.45, 7) is 4.56. The van der Waals surface area contributed by atoms with Gasteiger partial charge in [-0.3, -0.25) is 4.79 Å². The Kier molecular flexibility index (Phi) is 6.96. The van der Waals surface area contributed by atoms with E-state index in [4.69, 9.17) is 9.47 Å². The summed E-state index contributed by atoms with van der Waals surface area (Å²) in [6.07, 6.45) is 0. The molecule has 2 N–H and O–H groups in total. The summed E-state index contributed by atoms with van der Waals surface area (Å²) in [5, 5.41) is 2.64. The largest absolute Gasteiger partial charge is 0.493 e. The average molecular weight is 435 g/mol. The Bertz CT molecular complexity index is 984. The maximum absolute atomic E-state index is 12.9. The molecule has 0 bridgehead atoms. The van der Waals surface area contributed by atoms with Gasteiger partial charge in [0.2, 0.25) is 15.9 Å². The number of hydrogen-bond donors (Lipinski definition) is 2. The van der Waals surface area contributed by atoms with Crippen molar-refractivity contribution >= 4 is 21.6 Å². The van der Waals surface area contributed by atoms with Crippen molar-refractivity contribution in [1.82, 2.24) is 4.31 Å². The van der Waals surface area contributed by atoms with Gasteiger partial charge in [0.25, 0.3) is 0 Å². The molecule has 9 heteroatoms. The van der Waals surface area contributed by atoms with Crippen molar-refractivity contribution < 1.29 is 27.6 Å². The van der Waals surface area contributed by atoms with E-state index in [2.05, 4.69) is 5.32 Å². The lowest BCUT2D eigenvalue weighted by atomic mass is 10.1. The lowest BCUT2D eigenvalue weighted by Crippen LogP contribution is -3.13. The SMILES string of the molecule is COc1ccc(C[NH+]2CCN(S(=O)(=O)c3ccc(NC(C)=O)cc3)CC2)cc1OC. The average Bonchev–Trinajstić information content (AvgIpc) is 2.74. The van der Waals surface area contributed by atoms with E-state index >= 15 is 0 Å². The second-order valence-corrected chi connectivity index (χ2v) is 9.16. The number of anilines is 1. The maximum atomic E-state index is 12.9. The van der Waals surface area contributed by atoms with Crippen LogP contribution in [0.1, 0.15) is 12.5 Å². The van der Waals surface area contributed by atoms with Crippen LogP contribution in [0.2, 0.25) is 0 Å². The lowest BCUT2D eigenvalue weighted by Gasteiger charge is -2.31. The number of nitrogens with zero attached hydrogens (tertiary/aromatic N) is 1. The van der Waals surface area contributed by atoms with E-state index in [9.17, 15) is 13.2 Å². The number of benzene rings is 2. The van der Waals surface area contributed by atoms with E-state index < -0.39 is 10.0 Å². The summed E-state index contributed by atoms with van der Waals surface area (Å²) in [4.78, 5) is 12.7. The van der Waals surface area contributed by atoms with Crippen LogP contribution < -0.4 is 19.7 Å². The minimum Gasteiger partial charge on any atom is -0.493 e. The number of methoxy groups -OCH3 is 2. The van der Waals surface area contributed by atoms with Crippen molar-refractivity contribution in [3.8, 4) is 11.5 Å². The van der Waals surface area contributed by atoms with Crippen LogP contribution in [0.5, 0.6) is 11.5 Å². The van der Waals surface area contributed by atoms with Gasteiger partial charge in [-0.05, 0) is 42.5 Å². The molecule has 1 amide bonds. The standard InChI is InChI=1S/C21H27N3O5S/c1-16(25)22-18-5-7-19(8-6-18)30(26,27)24-12-10-23(11-13-24)15-17-4-9-20(28-2)21(14-17)29-3/h4-9,14H,10-13,15H2,1-3H3,(H,22,25)/p+1. The summed E-state index contributed by atoms with van der Waals surface area (Å²) < 4.78 is 38.0. The van der Waals surface area contributed by atoms with Crippen LogP contribution in [-0.2, 0) is 21.4 Å². The van der Waals surface area contributed by atoms with Gasteiger partial charge in [0.15, 0.2) is 11.5 Å². The first-order valence-electron chi connectivity index (χ1n) is 9.75. The highest BCUT2D eigenvalue weighted by atomic mass is 32.2. The van der Waals surface area contributed by atoms with Gasteiger partial charge >= 0.3 is 0 Å². The van der Waals surface area contributed by atoms with E-state index in [-0.39, 0.29) is 10.8 Å². The molecule has 0 aromatic heterocycles. The van der Waals surface area contributed by atoms with Gasteiger partial charge in [-0.1, -0.05) is 0 Å². The highest BCUT2D eigenvalue weighted by Crippen LogP contribution is 2.27. The zero-order valence-electron chi connectivity index (χ0n) is 17.5. The molecule has 30 heavy (non-hydrogen) atoms. The Morgan fingerprint density at radius 2 is 1.67 bits per heavy atom. The van der Waals surface area contributed by atoms with Crippen LogP contribution in [0, 0.1) is 0 Å². The third kappa shape index (κ3) is 5.10. The molecule has 0 unspecified atom stereocenters. The molecule has 1 saturated heterocycles. The number of quaternary nitrogens is 1. The van der Waals surface area contributed by atoms with Gasteiger partial charge in [-0.25, -0.2) is 8.42 Å². The zero-order valence-corrected chi connectivity index (χ0v) is 18.3. The Morgan fingerprint density at radius 3 is 2.23 bits per heavy atom. The molecule has 1 aliphatic heterocycles. The smallest absolute Gasteiger partial charge is 0.243 e. The van der Waals surface area contributed by atoms with Crippen LogP contribution in [-0.4, -0.2) is 59.0 Å². The number of hydrogen-bond acceptors (Lipinski definition) is 5. The first-order chi connectivity index (χ1) is 14.3. The molecule has 0 saturated carbocycles. The topological polar surface area (TPSA) is 89.4 Å². The van der Waals surface area contributed by atoms with Crippen molar-refractivity contribution in [2.45, 2.75) is 18.4 Å². The Balaban J connectivity index is 1.61. The normalized spacial score (nSPS) is 15.6. The molecule has 1 aliphatic rings. The fourth-order valence-corrected chi connectivity index (χ4v) is 5.00. The molecule has 2 aromatic carbocycles. The predicted octanol–water partition coefficient (Wildman–Crippen LogP) is 0.752. The van der Waals surface area contributed by atoms with E-state index in [1.165, 1.54) is 28.3 Å². The third-order valence-electron chi connectivity index (χ3n) is 5.14. The number of sulfonamides is 1. The van der Waals surface area contributed by atoms with Crippen LogP contribution in [0.25, 0.3) is 0 Å². The number of ether oxygens (including phenoxy) is 2. The Hall–Kier alpha value is -2.62. The molecular formula is C21H28N3O5S+. The summed E-state index contributed by atoms with van der Waals surface area (Å²) in [5.74, 6) is 1.19. The van der Waals surface area contributed by atoms with E-state index in [0.29, 0.717) is 30.3 Å². The molecule has 0 spiro atoms. The highest BCUT2D eigenvalue weighted by Gasteiger charge is 2.30. The molecule has 1 heterocycles. The van der Waals surface area contributed by atoms with Gasteiger partial charge in [-0.2, -0.15) is 4.31 Å². The van der Waals surface area contributed by atoms with Crippen molar-refractivity contribution in [2.24, 2.45) is 0 Å². The van der Waals surface area contributed by atoms with Crippen LogP contribution in [0.3, 0.4) is 0 Å². The molecule has 8 nitrogen and oxygen atoms in total. The molecular weight excluding hydrogens is 406 g/mol. The van der Waals surface area contributed by atoms with Crippen molar-refractivity contribution in [1.29, 1.82) is 0 Å². The molecule has 0 radical (unpaired) electrons. The number of rotatable bonds is 7. The predicted molar refractivity (Wildman–Crippen MR) is 113 cm³/mol. The van der Waals surface area contributed by atoms with E-state index in [1.807, 2.05) is 18.2 Å². The van der Waals surface area contributed by atoms with Gasteiger partial charge < -0.3 is 19.7 Å². The summed E-state index contributed by atoms with van der Waals surface area (Å²) in [5.41, 5.74) is 1.69. The summed E-state index contributed by atoms with van der Waals surface area (Å²) >= 11 is 0. The number of piperazine rings is 1. The fraction of sp³-hybridized carbons (Fsp3) is 0.381. The van der Waals surface area contributed by atoms with Gasteiger partial charge in [0, 0.05) is 18.2 Å². The number of carbonyl (C=O) groups is 1. The molecule has 0 atom stereocenters. The lowest BCUT2D eigenvalue weighted by molar-refractivity contribution is -0.917. The summed E-state index contributed by atoms with van der Waals surface area (Å²) in [7, 11) is -0.334. The monoisotopic (exact) mass is 434 g/mol. The maximum Gasteiger partial charge on any atom is 0.243 e. The van der Waals surface area contributed by atoms with E-state index in [1.54, 1.807) is 26.4 Å². The first kappa shape index (κ1) is 22.1. The van der Waals surface area contributed by atoms with Crippen molar-refractivity contribution in [3.05, 3.63) is 48.0 Å². The van der Waals surface area contributed by atoms with Crippen LogP contribution in [0.4, 0.5) is 5.69 Å². The molecule has 1 fully saturated rings. The highest BCUT2D eigenvalue weighted by molar-refractivity contribution is 7.89. The quantitative estimate of drug-likeness (QED) is 0.671. The second-order valence-electron chi connectivity index (χ2n) is 7.23. The van der Waals surface area contributed by atoms with E-state index in [0.717, 1.165) is 25.2 Å².